The van der Waals surface area contributed by atoms with E-state index in [1.165, 1.54) is 6.20 Å². The van der Waals surface area contributed by atoms with Crippen LogP contribution in [0.2, 0.25) is 0 Å². The standard InChI is InChI=1S/C13H16N4O3/c1-9-5-12(17-20-9)15-7-10(6-14)13(18)16-8-11-3-2-4-19-11/h5,7,11H,2-4,8H2,1H3,(H,15,17)(H,16,18)/b10-7-. The van der Waals surface area contributed by atoms with Crippen molar-refractivity contribution in [1.82, 2.24) is 10.5 Å². The molecule has 1 aromatic rings. The maximum absolute atomic E-state index is 11.8. The number of carbonyl (C=O) groups is 1. The summed E-state index contributed by atoms with van der Waals surface area (Å²) in [6.45, 7) is 2.90. The predicted octanol–water partition coefficient (Wildman–Crippen LogP) is 1.10. The fourth-order valence-electron chi connectivity index (χ4n) is 1.84. The summed E-state index contributed by atoms with van der Waals surface area (Å²) in [7, 11) is 0. The number of nitrogens with zero attached hydrogens (tertiary/aromatic N) is 2. The first kappa shape index (κ1) is 14.1. The normalized spacial score (nSPS) is 18.6. The van der Waals surface area contributed by atoms with Crippen molar-refractivity contribution in [3.63, 3.8) is 0 Å². The minimum absolute atomic E-state index is 0.0244. The molecule has 2 N–H and O–H groups in total. The van der Waals surface area contributed by atoms with E-state index in [0.29, 0.717) is 18.1 Å². The van der Waals surface area contributed by atoms with Crippen LogP contribution in [0.15, 0.2) is 22.4 Å². The molecule has 106 valence electrons. The average Bonchev–Trinajstić information content (AvgIpc) is 3.08. The van der Waals surface area contributed by atoms with Crippen molar-refractivity contribution in [3.8, 4) is 6.07 Å². The molecule has 1 unspecified atom stereocenters. The molecule has 1 aliphatic heterocycles. The highest BCUT2D eigenvalue weighted by Crippen LogP contribution is 2.11. The molecule has 1 aromatic heterocycles. The molecule has 0 bridgehead atoms. The molecule has 0 saturated carbocycles. The monoisotopic (exact) mass is 276 g/mol. The van der Waals surface area contributed by atoms with Crippen molar-refractivity contribution < 1.29 is 14.1 Å². The first-order valence-corrected chi connectivity index (χ1v) is 6.39. The summed E-state index contributed by atoms with van der Waals surface area (Å²) in [5.41, 5.74) is -0.0244. The summed E-state index contributed by atoms with van der Waals surface area (Å²) in [6.07, 6.45) is 3.30. The molecule has 20 heavy (non-hydrogen) atoms. The summed E-state index contributed by atoms with van der Waals surface area (Å²) in [4.78, 5) is 11.8. The van der Waals surface area contributed by atoms with Gasteiger partial charge < -0.3 is 19.9 Å². The van der Waals surface area contributed by atoms with Crippen LogP contribution >= 0.6 is 0 Å². The topological polar surface area (TPSA) is 100 Å². The Labute approximate surface area is 116 Å². The van der Waals surface area contributed by atoms with Gasteiger partial charge >= 0.3 is 0 Å². The van der Waals surface area contributed by atoms with Crippen LogP contribution in [0.25, 0.3) is 0 Å². The first-order chi connectivity index (χ1) is 9.69. The van der Waals surface area contributed by atoms with E-state index >= 15 is 0 Å². The summed E-state index contributed by atoms with van der Waals surface area (Å²) in [5, 5.41) is 18.1. The van der Waals surface area contributed by atoms with E-state index in [4.69, 9.17) is 14.5 Å². The highest BCUT2D eigenvalue weighted by Gasteiger charge is 2.17. The van der Waals surface area contributed by atoms with Gasteiger partial charge in [-0.15, -0.1) is 0 Å². The molecule has 1 atom stereocenters. The van der Waals surface area contributed by atoms with E-state index in [2.05, 4.69) is 15.8 Å². The smallest absolute Gasteiger partial charge is 0.263 e. The van der Waals surface area contributed by atoms with Gasteiger partial charge in [-0.3, -0.25) is 4.79 Å². The SMILES string of the molecule is Cc1cc(N/C=C(/C#N)C(=O)NCC2CCCO2)no1. The van der Waals surface area contributed by atoms with Gasteiger partial charge in [0.05, 0.1) is 6.10 Å². The van der Waals surface area contributed by atoms with E-state index in [0.717, 1.165) is 19.4 Å². The van der Waals surface area contributed by atoms with E-state index < -0.39 is 5.91 Å². The Morgan fingerprint density at radius 1 is 1.70 bits per heavy atom. The van der Waals surface area contributed by atoms with Crippen LogP contribution < -0.4 is 10.6 Å². The molecule has 0 aliphatic carbocycles. The maximum Gasteiger partial charge on any atom is 0.263 e. The van der Waals surface area contributed by atoms with Crippen LogP contribution in [-0.2, 0) is 9.53 Å². The minimum atomic E-state index is -0.435. The third-order valence-electron chi connectivity index (χ3n) is 2.87. The Morgan fingerprint density at radius 3 is 3.15 bits per heavy atom. The average molecular weight is 276 g/mol. The molecule has 1 saturated heterocycles. The summed E-state index contributed by atoms with van der Waals surface area (Å²) >= 11 is 0. The van der Waals surface area contributed by atoms with Crippen LogP contribution in [0.4, 0.5) is 5.82 Å². The Balaban J connectivity index is 1.86. The highest BCUT2D eigenvalue weighted by atomic mass is 16.5. The highest BCUT2D eigenvalue weighted by molar-refractivity contribution is 5.97. The van der Waals surface area contributed by atoms with Crippen molar-refractivity contribution in [2.24, 2.45) is 0 Å². The Morgan fingerprint density at radius 2 is 2.55 bits per heavy atom. The van der Waals surface area contributed by atoms with Crippen LogP contribution in [-0.4, -0.2) is 30.3 Å². The molecule has 2 heterocycles. The van der Waals surface area contributed by atoms with Crippen LogP contribution in [0.1, 0.15) is 18.6 Å². The summed E-state index contributed by atoms with van der Waals surface area (Å²) in [5.74, 6) is 0.653. The van der Waals surface area contributed by atoms with Crippen molar-refractivity contribution in [2.75, 3.05) is 18.5 Å². The Hall–Kier alpha value is -2.33. The molecule has 7 heteroatoms. The van der Waals surface area contributed by atoms with Crippen molar-refractivity contribution in [2.45, 2.75) is 25.9 Å². The van der Waals surface area contributed by atoms with E-state index in [1.807, 2.05) is 6.07 Å². The second-order valence-electron chi connectivity index (χ2n) is 4.48. The molecule has 1 fully saturated rings. The lowest BCUT2D eigenvalue weighted by molar-refractivity contribution is -0.117. The number of hydrogen-bond acceptors (Lipinski definition) is 6. The molecule has 0 radical (unpaired) electrons. The van der Waals surface area contributed by atoms with Crippen LogP contribution in [0, 0.1) is 18.3 Å². The Kier molecular flexibility index (Phi) is 4.74. The van der Waals surface area contributed by atoms with Gasteiger partial charge in [-0.25, -0.2) is 0 Å². The van der Waals surface area contributed by atoms with Gasteiger partial charge in [0.25, 0.3) is 5.91 Å². The zero-order chi connectivity index (χ0) is 14.4. The summed E-state index contributed by atoms with van der Waals surface area (Å²) < 4.78 is 10.3. The third-order valence-corrected chi connectivity index (χ3v) is 2.87. The number of amides is 1. The largest absolute Gasteiger partial charge is 0.376 e. The molecule has 0 spiro atoms. The fraction of sp³-hybridized carbons (Fsp3) is 0.462. The third kappa shape index (κ3) is 3.83. The first-order valence-electron chi connectivity index (χ1n) is 6.39. The molecule has 1 aliphatic rings. The van der Waals surface area contributed by atoms with Gasteiger partial charge in [0.1, 0.15) is 17.4 Å². The van der Waals surface area contributed by atoms with Gasteiger partial charge in [-0.2, -0.15) is 5.26 Å². The van der Waals surface area contributed by atoms with Gasteiger partial charge in [-0.05, 0) is 19.8 Å². The van der Waals surface area contributed by atoms with E-state index in [9.17, 15) is 4.79 Å². The van der Waals surface area contributed by atoms with Crippen LogP contribution in [0.5, 0.6) is 0 Å². The number of carbonyl (C=O) groups excluding carboxylic acids is 1. The maximum atomic E-state index is 11.8. The van der Waals surface area contributed by atoms with Crippen LogP contribution in [0.3, 0.4) is 0 Å². The molecular formula is C13H16N4O3. The van der Waals surface area contributed by atoms with Gasteiger partial charge in [0.15, 0.2) is 5.82 Å². The molecule has 0 aromatic carbocycles. The lowest BCUT2D eigenvalue weighted by Gasteiger charge is -2.10. The van der Waals surface area contributed by atoms with Crippen molar-refractivity contribution >= 4 is 11.7 Å². The number of aryl methyl sites for hydroxylation is 1. The Bertz CT molecular complexity index is 538. The second kappa shape index (κ2) is 6.73. The number of anilines is 1. The number of hydrogen-bond donors (Lipinski definition) is 2. The lowest BCUT2D eigenvalue weighted by Crippen LogP contribution is -2.32. The number of ether oxygens (including phenoxy) is 1. The fourth-order valence-corrected chi connectivity index (χ4v) is 1.84. The second-order valence-corrected chi connectivity index (χ2v) is 4.48. The van der Waals surface area contributed by atoms with Crippen molar-refractivity contribution in [3.05, 3.63) is 23.6 Å². The van der Waals surface area contributed by atoms with Gasteiger partial charge in [-0.1, -0.05) is 5.16 Å². The van der Waals surface area contributed by atoms with Gasteiger partial charge in [0.2, 0.25) is 0 Å². The van der Waals surface area contributed by atoms with E-state index in [-0.39, 0.29) is 11.7 Å². The molecule has 2 rings (SSSR count). The number of rotatable bonds is 5. The quantitative estimate of drug-likeness (QED) is 0.617. The zero-order valence-electron chi connectivity index (χ0n) is 11.2. The lowest BCUT2D eigenvalue weighted by atomic mass is 10.2. The molecular weight excluding hydrogens is 260 g/mol. The van der Waals surface area contributed by atoms with E-state index in [1.54, 1.807) is 13.0 Å². The zero-order valence-corrected chi connectivity index (χ0v) is 11.2. The molecule has 7 nitrogen and oxygen atoms in total. The molecule has 1 amide bonds. The number of nitrogens with one attached hydrogen (secondary N) is 2. The summed E-state index contributed by atoms with van der Waals surface area (Å²) in [6, 6.07) is 3.50. The number of nitriles is 1. The minimum Gasteiger partial charge on any atom is -0.376 e. The van der Waals surface area contributed by atoms with Gasteiger partial charge in [0, 0.05) is 25.4 Å². The predicted molar refractivity (Wildman–Crippen MR) is 70.5 cm³/mol. The van der Waals surface area contributed by atoms with Crippen molar-refractivity contribution in [1.29, 1.82) is 5.26 Å². The number of aromatic nitrogens is 1.